The molecule has 0 amide bonds. The van der Waals surface area contributed by atoms with Crippen LogP contribution < -0.4 is 4.74 Å². The van der Waals surface area contributed by atoms with Crippen LogP contribution in [0.25, 0.3) is 0 Å². The first kappa shape index (κ1) is 13.0. The topological polar surface area (TPSA) is 63.6 Å². The Labute approximate surface area is 109 Å². The van der Waals surface area contributed by atoms with Gasteiger partial charge in [-0.2, -0.15) is 0 Å². The lowest BCUT2D eigenvalue weighted by Crippen LogP contribution is -2.29. The summed E-state index contributed by atoms with van der Waals surface area (Å²) >= 11 is 11.6. The highest BCUT2D eigenvalue weighted by Crippen LogP contribution is 2.27. The van der Waals surface area contributed by atoms with Crippen LogP contribution >= 0.6 is 23.2 Å². The average Bonchev–Trinajstić information content (AvgIpc) is 2.37. The number of aliphatic hydroxyl groups excluding tert-OH is 1. The Morgan fingerprint density at radius 2 is 1.76 bits per heavy atom. The minimum absolute atomic E-state index is 0.196. The number of hydrogen-bond acceptors (Lipinski definition) is 4. The minimum atomic E-state index is -3.23. The molecular weight excluding hydrogens is 287 g/mol. The Bertz CT molecular complexity index is 509. The molecule has 0 radical (unpaired) electrons. The van der Waals surface area contributed by atoms with E-state index in [4.69, 9.17) is 27.9 Å². The summed E-state index contributed by atoms with van der Waals surface area (Å²) in [4.78, 5) is 0. The number of sulfone groups is 1. The highest BCUT2D eigenvalue weighted by molar-refractivity contribution is 7.91. The molecule has 1 aromatic rings. The second-order valence-corrected chi connectivity index (χ2v) is 6.93. The second kappa shape index (κ2) is 4.65. The van der Waals surface area contributed by atoms with Crippen LogP contribution in [0.5, 0.6) is 5.75 Å². The van der Waals surface area contributed by atoms with Crippen molar-refractivity contribution in [2.45, 2.75) is 12.2 Å². The van der Waals surface area contributed by atoms with Crippen LogP contribution in [0.2, 0.25) is 10.0 Å². The van der Waals surface area contributed by atoms with Crippen molar-refractivity contribution in [1.82, 2.24) is 0 Å². The molecule has 0 aromatic heterocycles. The Balaban J connectivity index is 2.16. The first-order chi connectivity index (χ1) is 7.85. The minimum Gasteiger partial charge on any atom is -0.487 e. The summed E-state index contributed by atoms with van der Waals surface area (Å²) in [5.41, 5.74) is 0. The maximum atomic E-state index is 11.3. The Kier molecular flexibility index (Phi) is 3.54. The summed E-state index contributed by atoms with van der Waals surface area (Å²) in [6.45, 7) is 0. The van der Waals surface area contributed by atoms with E-state index >= 15 is 0 Å². The molecule has 4 nitrogen and oxygen atoms in total. The standard InChI is InChI=1S/C10H10Cl2O4S/c11-6-1-7(12)3-8(2-6)16-10-5-17(14,15)4-9(10)13/h1-3,9-10,13H,4-5H2. The molecule has 17 heavy (non-hydrogen) atoms. The molecule has 1 fully saturated rings. The molecule has 0 saturated carbocycles. The number of benzene rings is 1. The van der Waals surface area contributed by atoms with Crippen LogP contribution in [0, 0.1) is 0 Å². The molecule has 2 rings (SSSR count). The van der Waals surface area contributed by atoms with Crippen LogP contribution in [0.4, 0.5) is 0 Å². The number of rotatable bonds is 2. The van der Waals surface area contributed by atoms with Crippen molar-refractivity contribution in [3.63, 3.8) is 0 Å². The zero-order valence-corrected chi connectivity index (χ0v) is 11.0. The highest BCUT2D eigenvalue weighted by Gasteiger charge is 2.38. The van der Waals surface area contributed by atoms with E-state index in [0.29, 0.717) is 15.8 Å². The molecule has 1 aliphatic rings. The zero-order chi connectivity index (χ0) is 12.6. The van der Waals surface area contributed by atoms with Gasteiger partial charge in [0.15, 0.2) is 9.84 Å². The van der Waals surface area contributed by atoms with E-state index in [1.807, 2.05) is 0 Å². The van der Waals surface area contributed by atoms with Gasteiger partial charge in [-0.25, -0.2) is 8.42 Å². The van der Waals surface area contributed by atoms with Crippen LogP contribution in [-0.4, -0.2) is 37.2 Å². The van der Waals surface area contributed by atoms with E-state index in [-0.39, 0.29) is 11.5 Å². The summed E-state index contributed by atoms with van der Waals surface area (Å²) in [7, 11) is -3.23. The molecule has 0 spiro atoms. The fraction of sp³-hybridized carbons (Fsp3) is 0.400. The van der Waals surface area contributed by atoms with E-state index in [1.165, 1.54) is 18.2 Å². The molecule has 94 valence electrons. The number of halogens is 2. The number of hydrogen-bond donors (Lipinski definition) is 1. The maximum absolute atomic E-state index is 11.3. The molecule has 1 saturated heterocycles. The quantitative estimate of drug-likeness (QED) is 0.899. The van der Waals surface area contributed by atoms with Gasteiger partial charge in [-0.1, -0.05) is 23.2 Å². The molecule has 2 unspecified atom stereocenters. The van der Waals surface area contributed by atoms with Gasteiger partial charge in [0.05, 0.1) is 11.5 Å². The predicted octanol–water partition coefficient (Wildman–Crippen LogP) is 1.53. The summed E-state index contributed by atoms with van der Waals surface area (Å²) < 4.78 is 28.0. The second-order valence-electron chi connectivity index (χ2n) is 3.91. The van der Waals surface area contributed by atoms with Crippen molar-refractivity contribution in [3.05, 3.63) is 28.2 Å². The normalized spacial score (nSPS) is 27.0. The van der Waals surface area contributed by atoms with Crippen LogP contribution in [-0.2, 0) is 9.84 Å². The lowest BCUT2D eigenvalue weighted by Gasteiger charge is -2.15. The van der Waals surface area contributed by atoms with Gasteiger partial charge in [0.2, 0.25) is 0 Å². The molecule has 1 aliphatic heterocycles. The van der Waals surface area contributed by atoms with Gasteiger partial charge in [0.25, 0.3) is 0 Å². The van der Waals surface area contributed by atoms with E-state index < -0.39 is 22.0 Å². The largest absolute Gasteiger partial charge is 0.487 e. The van der Waals surface area contributed by atoms with E-state index in [9.17, 15) is 13.5 Å². The Hall–Kier alpha value is -0.490. The van der Waals surface area contributed by atoms with Gasteiger partial charge >= 0.3 is 0 Å². The van der Waals surface area contributed by atoms with Crippen molar-refractivity contribution in [2.24, 2.45) is 0 Å². The smallest absolute Gasteiger partial charge is 0.156 e. The zero-order valence-electron chi connectivity index (χ0n) is 8.64. The van der Waals surface area contributed by atoms with E-state index in [1.54, 1.807) is 0 Å². The number of aliphatic hydroxyl groups is 1. The van der Waals surface area contributed by atoms with E-state index in [0.717, 1.165) is 0 Å². The fourth-order valence-electron chi connectivity index (χ4n) is 1.68. The summed E-state index contributed by atoms with van der Waals surface area (Å²) in [6, 6.07) is 4.58. The predicted molar refractivity (Wildman–Crippen MR) is 65.5 cm³/mol. The summed E-state index contributed by atoms with van der Waals surface area (Å²) in [5.74, 6) is -0.117. The molecule has 1 N–H and O–H groups in total. The van der Waals surface area contributed by atoms with Crippen molar-refractivity contribution in [1.29, 1.82) is 0 Å². The Morgan fingerprint density at radius 1 is 1.18 bits per heavy atom. The van der Waals surface area contributed by atoms with Crippen LogP contribution in [0.3, 0.4) is 0 Å². The van der Waals surface area contributed by atoms with Crippen LogP contribution in [0.1, 0.15) is 0 Å². The average molecular weight is 297 g/mol. The first-order valence-electron chi connectivity index (χ1n) is 4.87. The van der Waals surface area contributed by atoms with Crippen LogP contribution in [0.15, 0.2) is 18.2 Å². The molecule has 0 aliphatic carbocycles. The van der Waals surface area contributed by atoms with E-state index in [2.05, 4.69) is 0 Å². The third kappa shape index (κ3) is 3.25. The van der Waals surface area contributed by atoms with Crippen molar-refractivity contribution in [3.8, 4) is 5.75 Å². The van der Waals surface area contributed by atoms with Gasteiger partial charge < -0.3 is 9.84 Å². The van der Waals surface area contributed by atoms with Crippen molar-refractivity contribution < 1.29 is 18.3 Å². The van der Waals surface area contributed by atoms with Gasteiger partial charge in [-0.15, -0.1) is 0 Å². The third-order valence-corrected chi connectivity index (χ3v) is 4.52. The fourth-order valence-corrected chi connectivity index (χ4v) is 3.85. The third-order valence-electron chi connectivity index (χ3n) is 2.40. The molecule has 7 heteroatoms. The van der Waals surface area contributed by atoms with Gasteiger partial charge in [-0.3, -0.25) is 0 Å². The first-order valence-corrected chi connectivity index (χ1v) is 7.45. The van der Waals surface area contributed by atoms with Crippen molar-refractivity contribution >= 4 is 33.0 Å². The Morgan fingerprint density at radius 3 is 2.24 bits per heavy atom. The molecule has 1 heterocycles. The molecule has 0 bridgehead atoms. The van der Waals surface area contributed by atoms with Gasteiger partial charge in [0.1, 0.15) is 18.0 Å². The number of ether oxygens (including phenoxy) is 1. The van der Waals surface area contributed by atoms with Gasteiger partial charge in [-0.05, 0) is 18.2 Å². The van der Waals surface area contributed by atoms with Crippen molar-refractivity contribution in [2.75, 3.05) is 11.5 Å². The summed E-state index contributed by atoms with van der Waals surface area (Å²) in [6.07, 6.45) is -1.78. The SMILES string of the molecule is O=S1(=O)CC(O)C(Oc2cc(Cl)cc(Cl)c2)C1. The molecular formula is C10H10Cl2O4S. The maximum Gasteiger partial charge on any atom is 0.156 e. The molecule has 2 atom stereocenters. The monoisotopic (exact) mass is 296 g/mol. The highest BCUT2D eigenvalue weighted by atomic mass is 35.5. The van der Waals surface area contributed by atoms with Gasteiger partial charge in [0, 0.05) is 10.0 Å². The lowest BCUT2D eigenvalue weighted by atomic mass is 10.2. The molecule has 1 aromatic carbocycles. The lowest BCUT2D eigenvalue weighted by molar-refractivity contribution is 0.0738. The summed E-state index contributed by atoms with van der Waals surface area (Å²) in [5, 5.41) is 10.3.